The standard InChI is InChI=1S/C25H23N3OS/c26-14-22-24(20-12-10-18(11-13-20)17-6-4-5-7-17)23(15-29)28(22)25-27-21(16-30-25)19-8-2-1-3-9-19/h1-3,6,8-13,16,22-24,29H,4-5,7,15H2/t22-,23-,24+/m1/s1. The maximum absolute atomic E-state index is 10.1. The second kappa shape index (κ2) is 8.06. The van der Waals surface area contributed by atoms with E-state index < -0.39 is 0 Å². The molecule has 1 aliphatic heterocycles. The Kier molecular flexibility index (Phi) is 5.12. The highest BCUT2D eigenvalue weighted by molar-refractivity contribution is 7.14. The van der Waals surface area contributed by atoms with Gasteiger partial charge < -0.3 is 10.0 Å². The summed E-state index contributed by atoms with van der Waals surface area (Å²) in [5, 5.41) is 22.9. The highest BCUT2D eigenvalue weighted by atomic mass is 32.1. The zero-order chi connectivity index (χ0) is 20.5. The molecule has 1 saturated heterocycles. The monoisotopic (exact) mass is 413 g/mol. The van der Waals surface area contributed by atoms with E-state index in [1.807, 2.05) is 40.6 Å². The third-order valence-corrected chi connectivity index (χ3v) is 7.07. The number of aliphatic hydroxyl groups is 1. The number of rotatable bonds is 5. The lowest BCUT2D eigenvalue weighted by Crippen LogP contribution is -2.63. The molecule has 0 unspecified atom stereocenters. The van der Waals surface area contributed by atoms with Crippen molar-refractivity contribution < 1.29 is 5.11 Å². The number of benzene rings is 2. The van der Waals surface area contributed by atoms with Gasteiger partial charge in [0.15, 0.2) is 5.13 Å². The SMILES string of the molecule is N#C[C@@H]1[C@H](c2ccc(C3=CCCC3)cc2)[C@@H](CO)N1c1nc(-c2ccccc2)cs1. The molecular weight excluding hydrogens is 390 g/mol. The summed E-state index contributed by atoms with van der Waals surface area (Å²) in [5.74, 6) is -0.0179. The number of nitrogens with zero attached hydrogens (tertiary/aromatic N) is 3. The first-order valence-electron chi connectivity index (χ1n) is 10.4. The minimum absolute atomic E-state index is 0.00397. The van der Waals surface area contributed by atoms with E-state index in [1.54, 1.807) is 0 Å². The summed E-state index contributed by atoms with van der Waals surface area (Å²) in [4.78, 5) is 6.75. The van der Waals surface area contributed by atoms with Gasteiger partial charge in [-0.3, -0.25) is 0 Å². The van der Waals surface area contributed by atoms with Crippen LogP contribution < -0.4 is 4.90 Å². The zero-order valence-corrected chi connectivity index (χ0v) is 17.4. The van der Waals surface area contributed by atoms with Crippen molar-refractivity contribution in [3.63, 3.8) is 0 Å². The first-order chi connectivity index (χ1) is 14.8. The van der Waals surface area contributed by atoms with Crippen molar-refractivity contribution in [1.29, 1.82) is 5.26 Å². The summed E-state index contributed by atoms with van der Waals surface area (Å²) in [6, 6.07) is 20.6. The van der Waals surface area contributed by atoms with Gasteiger partial charge in [0.2, 0.25) is 0 Å². The Morgan fingerprint density at radius 1 is 1.10 bits per heavy atom. The first-order valence-corrected chi connectivity index (χ1v) is 11.3. The van der Waals surface area contributed by atoms with Gasteiger partial charge in [-0.1, -0.05) is 60.7 Å². The summed E-state index contributed by atoms with van der Waals surface area (Å²) in [7, 11) is 0. The number of hydrogen-bond donors (Lipinski definition) is 1. The summed E-state index contributed by atoms with van der Waals surface area (Å²) in [6.07, 6.45) is 5.86. The van der Waals surface area contributed by atoms with Gasteiger partial charge >= 0.3 is 0 Å². The Morgan fingerprint density at radius 2 is 1.90 bits per heavy atom. The number of allylic oxidation sites excluding steroid dienone is 2. The Balaban J connectivity index is 1.40. The molecule has 0 spiro atoms. The average molecular weight is 414 g/mol. The summed E-state index contributed by atoms with van der Waals surface area (Å²) >= 11 is 1.53. The first kappa shape index (κ1) is 19.0. The lowest BCUT2D eigenvalue weighted by atomic mass is 9.76. The van der Waals surface area contributed by atoms with E-state index >= 15 is 0 Å². The summed E-state index contributed by atoms with van der Waals surface area (Å²) in [5.41, 5.74) is 5.76. The molecule has 1 aromatic heterocycles. The molecule has 2 heterocycles. The van der Waals surface area contributed by atoms with Crippen molar-refractivity contribution >= 4 is 22.0 Å². The van der Waals surface area contributed by atoms with Crippen LogP contribution in [0.5, 0.6) is 0 Å². The second-order valence-electron chi connectivity index (χ2n) is 7.88. The number of hydrogen-bond acceptors (Lipinski definition) is 5. The minimum atomic E-state index is -0.325. The predicted octanol–water partition coefficient (Wildman–Crippen LogP) is 5.23. The van der Waals surface area contributed by atoms with Gasteiger partial charge in [0.1, 0.15) is 6.04 Å². The number of anilines is 1. The highest BCUT2D eigenvalue weighted by Crippen LogP contribution is 2.45. The number of thiazole rings is 1. The normalized spacial score (nSPS) is 23.0. The molecule has 30 heavy (non-hydrogen) atoms. The Morgan fingerprint density at radius 3 is 2.57 bits per heavy atom. The van der Waals surface area contributed by atoms with Crippen LogP contribution in [0.2, 0.25) is 0 Å². The maximum Gasteiger partial charge on any atom is 0.187 e. The number of aliphatic hydroxyl groups excluding tert-OH is 1. The third-order valence-electron chi connectivity index (χ3n) is 6.22. The van der Waals surface area contributed by atoms with Gasteiger partial charge in [0.25, 0.3) is 0 Å². The van der Waals surface area contributed by atoms with Gasteiger partial charge in [-0.25, -0.2) is 4.98 Å². The maximum atomic E-state index is 10.1. The van der Waals surface area contributed by atoms with E-state index in [1.165, 1.54) is 28.9 Å². The van der Waals surface area contributed by atoms with Crippen molar-refractivity contribution in [2.24, 2.45) is 0 Å². The molecule has 1 aliphatic carbocycles. The van der Waals surface area contributed by atoms with Crippen molar-refractivity contribution in [3.8, 4) is 17.3 Å². The largest absolute Gasteiger partial charge is 0.394 e. The summed E-state index contributed by atoms with van der Waals surface area (Å²) < 4.78 is 0. The third kappa shape index (κ3) is 3.23. The fourth-order valence-electron chi connectivity index (χ4n) is 4.65. The number of nitriles is 1. The molecule has 4 nitrogen and oxygen atoms in total. The quantitative estimate of drug-likeness (QED) is 0.622. The van der Waals surface area contributed by atoms with E-state index in [-0.39, 0.29) is 24.6 Å². The van der Waals surface area contributed by atoms with Crippen LogP contribution in [0.15, 0.2) is 66.1 Å². The summed E-state index contributed by atoms with van der Waals surface area (Å²) in [6.45, 7) is -0.00397. The molecule has 3 aromatic rings. The molecule has 1 N–H and O–H groups in total. The Bertz CT molecular complexity index is 1100. The van der Waals surface area contributed by atoms with Crippen LogP contribution in [0.4, 0.5) is 5.13 Å². The van der Waals surface area contributed by atoms with Crippen molar-refractivity contribution in [1.82, 2.24) is 4.98 Å². The molecule has 1 fully saturated rings. The molecule has 150 valence electrons. The van der Waals surface area contributed by atoms with Crippen LogP contribution in [0.1, 0.15) is 36.3 Å². The molecule has 3 atom stereocenters. The van der Waals surface area contributed by atoms with Gasteiger partial charge in [0.05, 0.1) is 24.4 Å². The van der Waals surface area contributed by atoms with Crippen LogP contribution in [0.3, 0.4) is 0 Å². The van der Waals surface area contributed by atoms with Crippen LogP contribution >= 0.6 is 11.3 Å². The molecule has 2 aliphatic rings. The number of aromatic nitrogens is 1. The van der Waals surface area contributed by atoms with Crippen LogP contribution in [0, 0.1) is 11.3 Å². The van der Waals surface area contributed by atoms with Crippen LogP contribution in [0.25, 0.3) is 16.8 Å². The Labute approximate surface area is 180 Å². The van der Waals surface area contributed by atoms with E-state index in [0.717, 1.165) is 34.8 Å². The van der Waals surface area contributed by atoms with Gasteiger partial charge in [-0.05, 0) is 36.0 Å². The minimum Gasteiger partial charge on any atom is -0.394 e. The van der Waals surface area contributed by atoms with Crippen molar-refractivity contribution in [3.05, 3.63) is 77.2 Å². The molecule has 0 saturated carbocycles. The topological polar surface area (TPSA) is 60.1 Å². The van der Waals surface area contributed by atoms with Crippen molar-refractivity contribution in [2.45, 2.75) is 37.3 Å². The van der Waals surface area contributed by atoms with Gasteiger partial charge in [-0.2, -0.15) is 5.26 Å². The molecule has 5 heteroatoms. The molecule has 5 rings (SSSR count). The molecule has 0 amide bonds. The van der Waals surface area contributed by atoms with Gasteiger partial charge in [0, 0.05) is 16.9 Å². The lowest BCUT2D eigenvalue weighted by molar-refractivity contribution is 0.187. The fraction of sp³-hybridized carbons (Fsp3) is 0.280. The molecule has 0 radical (unpaired) electrons. The lowest BCUT2D eigenvalue weighted by Gasteiger charge is -2.51. The van der Waals surface area contributed by atoms with Crippen molar-refractivity contribution in [2.75, 3.05) is 11.5 Å². The van der Waals surface area contributed by atoms with Crippen LogP contribution in [-0.2, 0) is 0 Å². The fourth-order valence-corrected chi connectivity index (χ4v) is 5.57. The average Bonchev–Trinajstić information content (AvgIpc) is 3.48. The van der Waals surface area contributed by atoms with E-state index in [9.17, 15) is 10.4 Å². The Hall–Kier alpha value is -2.94. The highest BCUT2D eigenvalue weighted by Gasteiger charge is 2.50. The second-order valence-corrected chi connectivity index (χ2v) is 8.72. The van der Waals surface area contributed by atoms with Crippen LogP contribution in [-0.4, -0.2) is 28.8 Å². The van der Waals surface area contributed by atoms with E-state index in [4.69, 9.17) is 4.98 Å². The predicted molar refractivity (Wildman–Crippen MR) is 121 cm³/mol. The molecule has 0 bridgehead atoms. The molecular formula is C25H23N3OS. The smallest absolute Gasteiger partial charge is 0.187 e. The van der Waals surface area contributed by atoms with E-state index in [0.29, 0.717) is 0 Å². The zero-order valence-electron chi connectivity index (χ0n) is 16.6. The van der Waals surface area contributed by atoms with E-state index in [2.05, 4.69) is 36.4 Å². The van der Waals surface area contributed by atoms with Gasteiger partial charge in [-0.15, -0.1) is 11.3 Å². The molecule has 2 aromatic carbocycles.